The number of allylic oxidation sites excluding steroid dienone is 1. The molecule has 0 spiro atoms. The van der Waals surface area contributed by atoms with Crippen LogP contribution in [-0.2, 0) is 6.40 Å². The summed E-state index contributed by atoms with van der Waals surface area (Å²) in [7, 11) is 0. The zero-order chi connectivity index (χ0) is 12.1. The third kappa shape index (κ3) is 1.18. The fourth-order valence-corrected chi connectivity index (χ4v) is 2.71. The normalized spacial score (nSPS) is 18.6. The lowest BCUT2D eigenvalue weighted by Crippen LogP contribution is -1.85. The smallest absolute Gasteiger partial charge is 0.0360 e. The van der Waals surface area contributed by atoms with Crippen molar-refractivity contribution in [1.82, 2.24) is 0 Å². The van der Waals surface area contributed by atoms with Crippen molar-refractivity contribution in [1.29, 1.82) is 0 Å². The monoisotopic (exact) mass is 217 g/mol. The number of rotatable bonds is 0. The van der Waals surface area contributed by atoms with Crippen molar-refractivity contribution in [2.45, 2.75) is 6.40 Å². The summed E-state index contributed by atoms with van der Waals surface area (Å²) in [5, 5.41) is 5.11. The molecule has 1 unspecified atom stereocenters. The Bertz CT molecular complexity index is 799. The van der Waals surface area contributed by atoms with Gasteiger partial charge in [0.15, 0.2) is 0 Å². The number of hydrogen-bond donors (Lipinski definition) is 0. The second kappa shape index (κ2) is 3.21. The second-order valence-electron chi connectivity index (χ2n) is 4.48. The van der Waals surface area contributed by atoms with Gasteiger partial charge < -0.3 is 0 Å². The molecule has 0 heteroatoms. The van der Waals surface area contributed by atoms with Crippen LogP contribution in [0.15, 0.2) is 54.6 Å². The van der Waals surface area contributed by atoms with Crippen LogP contribution in [0, 0.1) is 0 Å². The van der Waals surface area contributed by atoms with E-state index in [1.54, 1.807) is 0 Å². The minimum absolute atomic E-state index is 0.198. The van der Waals surface area contributed by atoms with Crippen molar-refractivity contribution in [3.63, 3.8) is 0 Å². The second-order valence-corrected chi connectivity index (χ2v) is 4.48. The summed E-state index contributed by atoms with van der Waals surface area (Å²) in [4.78, 5) is 0. The van der Waals surface area contributed by atoms with Crippen LogP contribution in [0.4, 0.5) is 0 Å². The van der Waals surface area contributed by atoms with Crippen molar-refractivity contribution in [3.05, 3.63) is 65.7 Å². The molecule has 4 rings (SSSR count). The van der Waals surface area contributed by atoms with E-state index in [1.807, 2.05) is 6.08 Å². The maximum Gasteiger partial charge on any atom is 0.0360 e. The molecule has 3 aromatic carbocycles. The largest absolute Gasteiger partial charge is 0.0795 e. The van der Waals surface area contributed by atoms with Crippen molar-refractivity contribution in [2.24, 2.45) is 0 Å². The Morgan fingerprint density at radius 2 is 1.71 bits per heavy atom. The van der Waals surface area contributed by atoms with Gasteiger partial charge in [0.05, 0.1) is 0 Å². The molecular weight excluding hydrogens is 204 g/mol. The molecule has 80 valence electrons. The van der Waals surface area contributed by atoms with E-state index in [1.165, 1.54) is 27.1 Å². The van der Waals surface area contributed by atoms with E-state index in [-0.39, 0.29) is 6.40 Å². The van der Waals surface area contributed by atoms with Gasteiger partial charge in [0.25, 0.3) is 0 Å². The Balaban J connectivity index is 2.20. The molecule has 0 aliphatic heterocycles. The van der Waals surface area contributed by atoms with Gasteiger partial charge in [0.1, 0.15) is 0 Å². The summed E-state index contributed by atoms with van der Waals surface area (Å²) in [5.41, 5.74) is 2.34. The molecule has 0 nitrogen and oxygen atoms in total. The van der Waals surface area contributed by atoms with Crippen molar-refractivity contribution in [2.75, 3.05) is 0 Å². The van der Waals surface area contributed by atoms with Gasteiger partial charge in [-0.05, 0) is 39.1 Å². The zero-order valence-electron chi connectivity index (χ0n) is 10.4. The summed E-state index contributed by atoms with van der Waals surface area (Å²) in [6.45, 7) is 0. The number of fused-ring (bicyclic) bond motifs is 5. The highest BCUT2D eigenvalue weighted by Crippen LogP contribution is 2.32. The fourth-order valence-electron chi connectivity index (χ4n) is 2.71. The lowest BCUT2D eigenvalue weighted by molar-refractivity contribution is 1.32. The summed E-state index contributed by atoms with van der Waals surface area (Å²) in [5.74, 6) is 0. The maximum atomic E-state index is 7.97. The molecule has 0 N–H and O–H groups in total. The highest BCUT2D eigenvalue weighted by molar-refractivity contribution is 6.10. The van der Waals surface area contributed by atoms with E-state index in [2.05, 4.69) is 54.6 Å². The minimum Gasteiger partial charge on any atom is -0.0795 e. The lowest BCUT2D eigenvalue weighted by Gasteiger charge is -2.08. The average molecular weight is 217 g/mol. The molecule has 1 aliphatic rings. The topological polar surface area (TPSA) is 0 Å². The predicted molar refractivity (Wildman–Crippen MR) is 74.2 cm³/mol. The first-order valence-electron chi connectivity index (χ1n) is 6.47. The van der Waals surface area contributed by atoms with Crippen LogP contribution in [0.3, 0.4) is 0 Å². The Kier molecular flexibility index (Phi) is 1.52. The molecule has 1 atom stereocenters. The van der Waals surface area contributed by atoms with Crippen LogP contribution >= 0.6 is 0 Å². The maximum absolute atomic E-state index is 7.97. The standard InChI is InChI=1S/C17H12/c1-2-6-14-12(4-1)8-10-17-15-7-3-5-13(15)9-11-16(14)17/h1-4,6-11H,5H2/i5D. The molecular formula is C17H12. The van der Waals surface area contributed by atoms with Crippen LogP contribution < -0.4 is 0 Å². The van der Waals surface area contributed by atoms with E-state index in [4.69, 9.17) is 1.37 Å². The summed E-state index contributed by atoms with van der Waals surface area (Å²) < 4.78 is 7.97. The molecule has 0 bridgehead atoms. The summed E-state index contributed by atoms with van der Waals surface area (Å²) in [6.07, 6.45) is 3.85. The van der Waals surface area contributed by atoms with Crippen LogP contribution in [0.5, 0.6) is 0 Å². The first kappa shape index (κ1) is 8.08. The highest BCUT2D eigenvalue weighted by Gasteiger charge is 2.10. The third-order valence-corrected chi connectivity index (χ3v) is 3.54. The minimum atomic E-state index is -0.198. The average Bonchev–Trinajstić information content (AvgIpc) is 2.80. The van der Waals surface area contributed by atoms with Gasteiger partial charge in [0.2, 0.25) is 0 Å². The Labute approximate surface area is 102 Å². The SMILES string of the molecule is [2H]C1C=Cc2c1ccc1c2ccc2ccccc21. The Hall–Kier alpha value is -2.08. The van der Waals surface area contributed by atoms with Gasteiger partial charge in [-0.3, -0.25) is 0 Å². The van der Waals surface area contributed by atoms with Gasteiger partial charge in [-0.15, -0.1) is 0 Å². The van der Waals surface area contributed by atoms with E-state index in [0.29, 0.717) is 0 Å². The quantitative estimate of drug-likeness (QED) is 0.484. The summed E-state index contributed by atoms with van der Waals surface area (Å²) >= 11 is 0. The molecule has 0 aromatic heterocycles. The van der Waals surface area contributed by atoms with Crippen LogP contribution in [-0.4, -0.2) is 0 Å². The van der Waals surface area contributed by atoms with Crippen LogP contribution in [0.25, 0.3) is 27.6 Å². The molecule has 17 heavy (non-hydrogen) atoms. The van der Waals surface area contributed by atoms with E-state index < -0.39 is 0 Å². The lowest BCUT2D eigenvalue weighted by atomic mass is 9.96. The third-order valence-electron chi connectivity index (χ3n) is 3.54. The van der Waals surface area contributed by atoms with Gasteiger partial charge in [-0.1, -0.05) is 60.7 Å². The molecule has 0 fully saturated rings. The molecule has 3 aromatic rings. The fraction of sp³-hybridized carbons (Fsp3) is 0.0588. The van der Waals surface area contributed by atoms with E-state index in [9.17, 15) is 0 Å². The molecule has 0 radical (unpaired) electrons. The van der Waals surface area contributed by atoms with Crippen molar-refractivity contribution >= 4 is 27.6 Å². The van der Waals surface area contributed by atoms with Crippen LogP contribution in [0.1, 0.15) is 12.5 Å². The van der Waals surface area contributed by atoms with Crippen LogP contribution in [0.2, 0.25) is 0 Å². The number of benzene rings is 3. The molecule has 1 aliphatic carbocycles. The zero-order valence-corrected chi connectivity index (χ0v) is 9.35. The van der Waals surface area contributed by atoms with Gasteiger partial charge in [-0.25, -0.2) is 0 Å². The molecule has 0 heterocycles. The van der Waals surface area contributed by atoms with Gasteiger partial charge in [-0.2, -0.15) is 0 Å². The molecule has 0 amide bonds. The van der Waals surface area contributed by atoms with Gasteiger partial charge in [0, 0.05) is 1.37 Å². The Morgan fingerprint density at radius 1 is 0.824 bits per heavy atom. The first-order chi connectivity index (χ1) is 8.84. The Morgan fingerprint density at radius 3 is 2.71 bits per heavy atom. The van der Waals surface area contributed by atoms with E-state index in [0.717, 1.165) is 5.56 Å². The highest BCUT2D eigenvalue weighted by atomic mass is 14.1. The number of hydrogen-bond acceptors (Lipinski definition) is 0. The predicted octanol–water partition coefficient (Wildman–Crippen LogP) is 4.56. The van der Waals surface area contributed by atoms with Crippen molar-refractivity contribution < 1.29 is 1.37 Å². The van der Waals surface area contributed by atoms with E-state index >= 15 is 0 Å². The van der Waals surface area contributed by atoms with Crippen molar-refractivity contribution in [3.8, 4) is 0 Å². The first-order valence-corrected chi connectivity index (χ1v) is 5.89. The van der Waals surface area contributed by atoms with Gasteiger partial charge >= 0.3 is 0 Å². The summed E-state index contributed by atoms with van der Waals surface area (Å²) in [6, 6.07) is 17.1. The molecule has 0 saturated carbocycles. The molecule has 0 saturated heterocycles.